The largest absolute Gasteiger partial charge is 0.508 e. The van der Waals surface area contributed by atoms with Gasteiger partial charge in [0.1, 0.15) is 68.5 Å². The maximum absolute atomic E-state index is 13.9. The van der Waals surface area contributed by atoms with Gasteiger partial charge in [0.25, 0.3) is 17.7 Å². The van der Waals surface area contributed by atoms with Crippen molar-refractivity contribution >= 4 is 159 Å². The van der Waals surface area contributed by atoms with Crippen LogP contribution in [0.5, 0.6) is 17.2 Å². The molecule has 40 heteroatoms. The number of carbonyl (C=O) groups excluding carboxylic acids is 9. The van der Waals surface area contributed by atoms with Gasteiger partial charge in [0.05, 0.1) is 80.0 Å². The summed E-state index contributed by atoms with van der Waals surface area (Å²) in [6, 6.07) is 0.876. The first-order valence-corrected chi connectivity index (χ1v) is 40.0. The van der Waals surface area contributed by atoms with E-state index in [9.17, 15) is 120 Å². The average molecular weight is 1880 g/mol. The molecule has 0 bridgehead atoms. The Hall–Kier alpha value is -11.7. The van der Waals surface area contributed by atoms with Crippen LogP contribution in [0.2, 0.25) is 0 Å². The minimum Gasteiger partial charge on any atom is -0.508 e. The Morgan fingerprint density at radius 2 is 0.767 bits per heavy atom. The molecule has 0 aromatic heterocycles. The Kier molecular flexibility index (Phi) is 36.3. The molecule has 3 saturated carbocycles. The van der Waals surface area contributed by atoms with E-state index in [1.807, 2.05) is 29.5 Å². The molecule has 33 nitrogen and oxygen atoms in total. The SMILES string of the molecule is C.C.C#CC.C/C=C/c1cc(N(C)C)c2c(c1O)C(O)=C1C(=O)[C@]3(O)C(O)=C(C(N)=O)C(=O)C(N(C)C)C3C(O)C1C2.C=C=C=C=C=C.C=CC.CC#Cc1cc(N(C)C)c2c(c1O)C(O)=C1C(=O)[C@]3(O)C(O)=C(C(N)=O)C(=O)C(N(C)C)C3C(O)C1C2.CN(C)c1cc(I)c(O)c2c1CC1C(=C2O)C(=O)[C@]2(O)C(O)=C(C(N)=O)C(=O)C(N(C)C)C2C1O.[B]B([B])B([B])[B]. The minimum absolute atomic E-state index is 0. The van der Waals surface area contributed by atoms with Gasteiger partial charge in [-0.2, -0.15) is 0 Å². The quantitative estimate of drug-likeness (QED) is 0.0321. The van der Waals surface area contributed by atoms with Crippen LogP contribution in [-0.2, 0) is 62.4 Å². The predicted octanol–water partition coefficient (Wildman–Crippen LogP) is 1.25. The van der Waals surface area contributed by atoms with Crippen molar-refractivity contribution in [2.24, 2.45) is 52.7 Å². The Labute approximate surface area is 769 Å². The van der Waals surface area contributed by atoms with Gasteiger partial charge in [-0.05, 0) is 171 Å². The van der Waals surface area contributed by atoms with Crippen LogP contribution in [0.1, 0.15) is 87.1 Å². The summed E-state index contributed by atoms with van der Waals surface area (Å²) in [5.41, 5.74) is 16.2. The van der Waals surface area contributed by atoms with Gasteiger partial charge in [-0.3, -0.25) is 57.9 Å². The second-order valence-corrected chi connectivity index (χ2v) is 33.2. The summed E-state index contributed by atoms with van der Waals surface area (Å²) < 4.78 is 0.394. The van der Waals surface area contributed by atoms with E-state index < -0.39 is 228 Å². The van der Waals surface area contributed by atoms with Crippen molar-refractivity contribution in [1.82, 2.24) is 14.7 Å². The zero-order valence-electron chi connectivity index (χ0n) is 72.9. The van der Waals surface area contributed by atoms with Gasteiger partial charge < -0.3 is 108 Å². The van der Waals surface area contributed by atoms with E-state index in [0.717, 1.165) is 0 Å². The smallest absolute Gasteiger partial charge is 0.255 e. The first-order chi connectivity index (χ1) is 59.0. The third-order valence-corrected chi connectivity index (χ3v) is 23.9. The van der Waals surface area contributed by atoms with E-state index in [2.05, 4.69) is 66.8 Å². The lowest BCUT2D eigenvalue weighted by Gasteiger charge is -2.52. The predicted molar refractivity (Wildman–Crippen MR) is 504 cm³/mol. The standard InChI is InChI=1S/C26H31N3O8.C26H29N3O8.C23H26IN3O8.C6H4.C3H6.C3H4.2CH4.B6/c2*1-6-7-10-8-13(28(2)3)11-9-12-15(21(32)14(11)19(10)30)23(34)26(37)17(20(12)31)18(29(4)5)22(33)16(24(26)35)25(27)36;1-26(2)10-6-9(24)17(29)11-7(10)5-8-12(18(11)30)20(32)23(35)14(16(8)28)15(27(3)4)19(31)13(21(23)33)22(25)34;1-3-5-6-4-2;2*1-3-2;;;1-5(2)6(3)4/h6-8,12,17-18,20,30-32,35,37H,9H2,1-5H3,(H2,27,36);8,12,17-18,20,30-32,35,37H,9H2,1-5H3,(H2,27,36);6,8,14-16,28-30,33,35H,5H2,1-4H3,(H2,25,34);1-2H2;3H,1H2,2H3;1H,2H3;2*1H4;/b7-6+;;;;;;;;/t2*12?,17?,18?,20?,26-;8?,14?,15?,16?,23-;;;;;;/m000....../s1. The van der Waals surface area contributed by atoms with Gasteiger partial charge in [0, 0.05) is 143 Å². The molecule has 9 aliphatic carbocycles. The summed E-state index contributed by atoms with van der Waals surface area (Å²) in [6.07, 6.45) is 3.55. The van der Waals surface area contributed by atoms with Crippen LogP contribution < -0.4 is 31.9 Å². The molecule has 0 spiro atoms. The highest BCUT2D eigenvalue weighted by Crippen LogP contribution is 2.59. The molecule has 9 aliphatic rings. The average Bonchev–Trinajstić information content (AvgIpc) is 0.698. The number of nitrogens with two attached hydrogens (primary N) is 3. The molecular weight excluding hydrogens is 1770 g/mol. The fourth-order valence-corrected chi connectivity index (χ4v) is 18.3. The maximum Gasteiger partial charge on any atom is 0.255 e. The molecule has 8 radical (unpaired) electrons. The number of aliphatic hydroxyl groups excluding tert-OH is 9. The number of carbonyl (C=O) groups is 9. The molecular formula is C89H108B6IN9O24. The zero-order chi connectivity index (χ0) is 97.1. The minimum atomic E-state index is -2.94. The topological polar surface area (TPSA) is 555 Å². The van der Waals surface area contributed by atoms with Crippen molar-refractivity contribution in [3.8, 4) is 41.4 Å². The van der Waals surface area contributed by atoms with Gasteiger partial charge in [-0.25, -0.2) is 0 Å². The number of phenolic OH excluding ortho intramolecular Hbond substituents is 3. The first-order valence-electron chi connectivity index (χ1n) is 38.9. The van der Waals surface area contributed by atoms with Crippen molar-refractivity contribution in [2.75, 3.05) is 99.3 Å². The fraction of sp³-hybridized carbons (Fsp3) is 0.404. The monoisotopic (exact) mass is 1880 g/mol. The molecule has 3 aromatic rings. The van der Waals surface area contributed by atoms with Crippen molar-refractivity contribution in [3.05, 3.63) is 172 Å². The molecule has 12 unspecified atom stereocenters. The fourth-order valence-electron chi connectivity index (χ4n) is 17.7. The van der Waals surface area contributed by atoms with Crippen LogP contribution in [0.15, 0.2) is 124 Å². The summed E-state index contributed by atoms with van der Waals surface area (Å²) >= 11 is 1.88. The van der Waals surface area contributed by atoms with Crippen molar-refractivity contribution in [2.45, 2.75) is 115 Å². The van der Waals surface area contributed by atoms with Gasteiger partial charge >= 0.3 is 0 Å². The molecule has 0 saturated heterocycles. The number of anilines is 3. The van der Waals surface area contributed by atoms with E-state index in [0.29, 0.717) is 42.9 Å². The van der Waals surface area contributed by atoms with Crippen molar-refractivity contribution < 1.29 is 120 Å². The highest BCUT2D eigenvalue weighted by Gasteiger charge is 2.71. The number of hydrogen-bond acceptors (Lipinski definition) is 30. The highest BCUT2D eigenvalue weighted by atomic mass is 127. The Bertz CT molecular complexity index is 5590. The number of aliphatic hydroxyl groups is 12. The summed E-state index contributed by atoms with van der Waals surface area (Å²) in [5, 5.41) is 169. The van der Waals surface area contributed by atoms with E-state index in [4.69, 9.17) is 48.1 Å². The highest BCUT2D eigenvalue weighted by molar-refractivity contribution is 14.1. The van der Waals surface area contributed by atoms with Crippen LogP contribution >= 0.6 is 22.6 Å². The van der Waals surface area contributed by atoms with Crippen LogP contribution in [0, 0.1) is 63.3 Å². The maximum atomic E-state index is 13.9. The number of Topliss-reactive ketones (excluding diaryl/α,β-unsaturated/α-hetero) is 6. The van der Waals surface area contributed by atoms with Crippen molar-refractivity contribution in [3.63, 3.8) is 0 Å². The van der Waals surface area contributed by atoms with Gasteiger partial charge in [0.15, 0.2) is 34.2 Å². The number of terminal acetylenes is 1. The Morgan fingerprint density at radius 3 is 1.01 bits per heavy atom. The molecule has 12 rings (SSSR count). The van der Waals surface area contributed by atoms with Gasteiger partial charge in [0.2, 0.25) is 17.3 Å². The number of ketones is 6. The lowest BCUT2D eigenvalue weighted by molar-refractivity contribution is -0.169. The third kappa shape index (κ3) is 18.9. The summed E-state index contributed by atoms with van der Waals surface area (Å²) in [6.45, 7) is 16.7. The number of halogens is 1. The Balaban J connectivity index is 0.000000366. The number of likely N-dealkylation sites (N-methyl/N-ethyl adjacent to an activating group) is 3. The molecule has 678 valence electrons. The summed E-state index contributed by atoms with van der Waals surface area (Å²) in [7, 11) is 39.1. The molecule has 3 fully saturated rings. The number of primary amides is 3. The molecule has 15 atom stereocenters. The third-order valence-electron chi connectivity index (χ3n) is 23.1. The second kappa shape index (κ2) is 42.7. The molecule has 0 heterocycles. The second-order valence-electron chi connectivity index (χ2n) is 32.1. The number of amides is 3. The van der Waals surface area contributed by atoms with Crippen LogP contribution in [-0.4, -0.2) is 325 Å². The van der Waals surface area contributed by atoms with E-state index in [1.54, 1.807) is 114 Å². The summed E-state index contributed by atoms with van der Waals surface area (Å²) in [5.74, 6) is -17.5. The zero-order valence-corrected chi connectivity index (χ0v) is 75.0. The van der Waals surface area contributed by atoms with Gasteiger partial charge in [-0.15, -0.1) is 24.8 Å². The number of hydrogen-bond donors (Lipinski definition) is 18. The normalized spacial score (nSPS) is 25.6. The van der Waals surface area contributed by atoms with E-state index in [1.165, 1.54) is 57.0 Å². The number of benzene rings is 3. The molecule has 3 amide bonds. The number of aromatic hydroxyl groups is 3. The number of rotatable bonds is 11. The molecule has 0 aliphatic heterocycles. The van der Waals surface area contributed by atoms with Crippen LogP contribution in [0.25, 0.3) is 23.4 Å². The number of fused-ring (bicyclic) bond motifs is 9. The number of nitrogens with zero attached hydrogens (tertiary/aromatic N) is 6. The van der Waals surface area contributed by atoms with E-state index in [-0.39, 0.29) is 67.9 Å². The Morgan fingerprint density at radius 1 is 0.504 bits per heavy atom. The summed E-state index contributed by atoms with van der Waals surface area (Å²) in [4.78, 5) is 126. The number of phenols is 3. The van der Waals surface area contributed by atoms with Crippen LogP contribution in [0.3, 0.4) is 0 Å². The lowest BCUT2D eigenvalue weighted by Crippen LogP contribution is -2.70. The van der Waals surface area contributed by atoms with Gasteiger partial charge in [-0.1, -0.05) is 50.5 Å². The molecule has 3 aromatic carbocycles. The lowest BCUT2D eigenvalue weighted by atomic mass is 8.81. The first kappa shape index (κ1) is 110. The van der Waals surface area contributed by atoms with Crippen molar-refractivity contribution in [1.29, 1.82) is 0 Å². The molecule has 21 N–H and O–H groups in total. The molecule has 129 heavy (non-hydrogen) atoms. The van der Waals surface area contributed by atoms with E-state index >= 15 is 0 Å². The number of allylic oxidation sites excluding steroid dienone is 2. The van der Waals surface area contributed by atoms with Crippen LogP contribution in [0.4, 0.5) is 17.1 Å².